The molecule has 11 heteroatoms. The van der Waals surface area contributed by atoms with Gasteiger partial charge in [-0.3, -0.25) is 14.9 Å². The lowest BCUT2D eigenvalue weighted by atomic mass is 10.1. The lowest BCUT2D eigenvalue weighted by molar-refractivity contribution is -0.139. The number of hydrogen-bond acceptors (Lipinski definition) is 6. The minimum Gasteiger partial charge on any atom is -0.490 e. The van der Waals surface area contributed by atoms with Crippen LogP contribution in [0.5, 0.6) is 11.5 Å². The summed E-state index contributed by atoms with van der Waals surface area (Å²) >= 11 is 12.4. The Morgan fingerprint density at radius 2 is 1.88 bits per heavy atom. The Kier molecular flexibility index (Phi) is 7.25. The molecule has 1 fully saturated rings. The van der Waals surface area contributed by atoms with Crippen molar-refractivity contribution in [3.63, 3.8) is 0 Å². The molecule has 1 aliphatic heterocycles. The van der Waals surface area contributed by atoms with E-state index < -0.39 is 30.4 Å². The highest BCUT2D eigenvalue weighted by molar-refractivity contribution is 6.40. The predicted octanol–water partition coefficient (Wildman–Crippen LogP) is 3.83. The molecule has 2 aromatic carbocycles. The number of rotatable bonds is 7. The third-order valence-electron chi connectivity index (χ3n) is 4.56. The molecule has 172 valence electrons. The van der Waals surface area contributed by atoms with Crippen molar-refractivity contribution in [3.05, 3.63) is 57.1 Å². The zero-order valence-electron chi connectivity index (χ0n) is 17.5. The van der Waals surface area contributed by atoms with Crippen LogP contribution < -0.4 is 19.7 Å². The summed E-state index contributed by atoms with van der Waals surface area (Å²) in [5.41, 5.74) is 0.681. The molecule has 0 aromatic heterocycles. The Bertz CT molecular complexity index is 1190. The number of hydrogen-bond donors (Lipinski definition) is 2. The molecule has 0 radical (unpaired) electrons. The summed E-state index contributed by atoms with van der Waals surface area (Å²) in [7, 11) is 0. The van der Waals surface area contributed by atoms with Crippen LogP contribution in [0.3, 0.4) is 0 Å². The molecule has 0 bridgehead atoms. The number of anilines is 1. The molecule has 0 saturated carbocycles. The highest BCUT2D eigenvalue weighted by atomic mass is 35.5. The van der Waals surface area contributed by atoms with Gasteiger partial charge in [0.25, 0.3) is 11.8 Å². The Balaban J connectivity index is 2.04. The second-order valence-electron chi connectivity index (χ2n) is 6.79. The van der Waals surface area contributed by atoms with E-state index in [1.54, 1.807) is 26.0 Å². The molecule has 3 rings (SSSR count). The molecule has 0 aliphatic carbocycles. The van der Waals surface area contributed by atoms with E-state index in [1.807, 2.05) is 0 Å². The maximum atomic E-state index is 13.1. The van der Waals surface area contributed by atoms with Crippen LogP contribution in [-0.2, 0) is 14.4 Å². The smallest absolute Gasteiger partial charge is 0.341 e. The minimum atomic E-state index is -1.20. The number of amides is 4. The average molecular weight is 493 g/mol. The molecule has 0 spiro atoms. The molecule has 2 aromatic rings. The summed E-state index contributed by atoms with van der Waals surface area (Å²) in [5.74, 6) is -2.81. The number of nitrogens with zero attached hydrogens (tertiary/aromatic N) is 1. The zero-order chi connectivity index (χ0) is 24.3. The Labute approximate surface area is 198 Å². The predicted molar refractivity (Wildman–Crippen MR) is 121 cm³/mol. The van der Waals surface area contributed by atoms with Crippen molar-refractivity contribution in [2.75, 3.05) is 18.1 Å². The number of halogens is 2. The number of carbonyl (C=O) groups is 4. The standard InChI is InChI=1S/C22H18Cl2N2O7/c1-3-32-17-9-12(8-15(24)19(17)33-10-18(27)28)7-13-20(29)25-22(31)26(21(13)30)16-6-4-5-14(23)11(16)2/h4-9H,3,10H2,1-2H3,(H,27,28)(H,25,29,31)/b13-7+. The van der Waals surface area contributed by atoms with Gasteiger partial charge in [0.15, 0.2) is 18.1 Å². The Morgan fingerprint density at radius 3 is 2.55 bits per heavy atom. The van der Waals surface area contributed by atoms with E-state index in [0.29, 0.717) is 16.1 Å². The van der Waals surface area contributed by atoms with Gasteiger partial charge in [-0.15, -0.1) is 0 Å². The third kappa shape index (κ3) is 5.10. The highest BCUT2D eigenvalue weighted by Crippen LogP contribution is 2.38. The van der Waals surface area contributed by atoms with Gasteiger partial charge in [0.1, 0.15) is 5.57 Å². The molecule has 4 amide bonds. The van der Waals surface area contributed by atoms with Crippen molar-refractivity contribution in [2.45, 2.75) is 13.8 Å². The molecular formula is C22H18Cl2N2O7. The maximum Gasteiger partial charge on any atom is 0.341 e. The fraction of sp³-hybridized carbons (Fsp3) is 0.182. The molecule has 9 nitrogen and oxygen atoms in total. The van der Waals surface area contributed by atoms with Crippen LogP contribution in [-0.4, -0.2) is 42.1 Å². The van der Waals surface area contributed by atoms with Crippen molar-refractivity contribution >= 4 is 58.8 Å². The van der Waals surface area contributed by atoms with Gasteiger partial charge < -0.3 is 14.6 Å². The number of aliphatic carboxylic acids is 1. The first kappa shape index (κ1) is 24.1. The van der Waals surface area contributed by atoms with Gasteiger partial charge in [-0.1, -0.05) is 29.3 Å². The molecule has 33 heavy (non-hydrogen) atoms. The van der Waals surface area contributed by atoms with E-state index in [0.717, 1.165) is 4.90 Å². The van der Waals surface area contributed by atoms with Crippen molar-refractivity contribution in [1.82, 2.24) is 5.32 Å². The topological polar surface area (TPSA) is 122 Å². The number of barbiturate groups is 1. The second-order valence-corrected chi connectivity index (χ2v) is 7.60. The number of carboxylic acid groups (broad SMARTS) is 1. The zero-order valence-corrected chi connectivity index (χ0v) is 19.0. The quantitative estimate of drug-likeness (QED) is 0.444. The van der Waals surface area contributed by atoms with Gasteiger partial charge in [-0.05, 0) is 55.3 Å². The summed E-state index contributed by atoms with van der Waals surface area (Å²) in [6, 6.07) is 6.63. The van der Waals surface area contributed by atoms with Gasteiger partial charge in [0, 0.05) is 5.02 Å². The summed E-state index contributed by atoms with van der Waals surface area (Å²) in [4.78, 5) is 49.7. The summed E-state index contributed by atoms with van der Waals surface area (Å²) in [5, 5.41) is 11.3. The van der Waals surface area contributed by atoms with Crippen molar-refractivity contribution in [1.29, 1.82) is 0 Å². The average Bonchev–Trinajstić information content (AvgIpc) is 2.73. The number of ether oxygens (including phenoxy) is 2. The molecule has 1 saturated heterocycles. The van der Waals surface area contributed by atoms with Crippen LogP contribution in [0.25, 0.3) is 6.08 Å². The number of imide groups is 2. The first-order valence-corrected chi connectivity index (χ1v) is 10.4. The maximum absolute atomic E-state index is 13.1. The lowest BCUT2D eigenvalue weighted by Gasteiger charge is -2.27. The van der Waals surface area contributed by atoms with E-state index >= 15 is 0 Å². The summed E-state index contributed by atoms with van der Waals surface area (Å²) in [6.07, 6.45) is 1.24. The molecule has 2 N–H and O–H groups in total. The van der Waals surface area contributed by atoms with E-state index in [9.17, 15) is 19.2 Å². The van der Waals surface area contributed by atoms with Crippen molar-refractivity contribution in [3.8, 4) is 11.5 Å². The summed E-state index contributed by atoms with van der Waals surface area (Å²) in [6.45, 7) is 2.92. The van der Waals surface area contributed by atoms with E-state index in [2.05, 4.69) is 5.32 Å². The fourth-order valence-corrected chi connectivity index (χ4v) is 3.53. The van der Waals surface area contributed by atoms with Crippen LogP contribution in [0, 0.1) is 6.92 Å². The molecule has 1 heterocycles. The Hall–Kier alpha value is -3.56. The molecule has 1 aliphatic rings. The van der Waals surface area contributed by atoms with E-state index in [4.69, 9.17) is 37.8 Å². The fourth-order valence-electron chi connectivity index (χ4n) is 3.09. The largest absolute Gasteiger partial charge is 0.490 e. The second kappa shape index (κ2) is 9.93. The van der Waals surface area contributed by atoms with Crippen LogP contribution >= 0.6 is 23.2 Å². The Morgan fingerprint density at radius 1 is 1.15 bits per heavy atom. The number of urea groups is 1. The van der Waals surface area contributed by atoms with Gasteiger partial charge in [-0.2, -0.15) is 0 Å². The minimum absolute atomic E-state index is 0.00819. The monoisotopic (exact) mass is 492 g/mol. The van der Waals surface area contributed by atoms with Crippen LogP contribution in [0.1, 0.15) is 18.1 Å². The van der Waals surface area contributed by atoms with Crippen LogP contribution in [0.4, 0.5) is 10.5 Å². The summed E-state index contributed by atoms with van der Waals surface area (Å²) < 4.78 is 10.7. The normalized spacial score (nSPS) is 15.0. The van der Waals surface area contributed by atoms with Gasteiger partial charge in [0.2, 0.25) is 0 Å². The first-order valence-electron chi connectivity index (χ1n) is 9.61. The number of carbonyl (C=O) groups excluding carboxylic acids is 3. The van der Waals surface area contributed by atoms with Gasteiger partial charge in [-0.25, -0.2) is 14.5 Å². The molecule has 0 unspecified atom stereocenters. The lowest BCUT2D eigenvalue weighted by Crippen LogP contribution is -2.54. The van der Waals surface area contributed by atoms with E-state index in [1.165, 1.54) is 24.3 Å². The van der Waals surface area contributed by atoms with E-state index in [-0.39, 0.29) is 34.4 Å². The van der Waals surface area contributed by atoms with Crippen LogP contribution in [0.15, 0.2) is 35.9 Å². The number of nitrogens with one attached hydrogen (secondary N) is 1. The molecular weight excluding hydrogens is 475 g/mol. The van der Waals surface area contributed by atoms with Gasteiger partial charge in [0.05, 0.1) is 17.3 Å². The number of benzene rings is 2. The number of carboxylic acids is 1. The molecule has 0 atom stereocenters. The SMILES string of the molecule is CCOc1cc(/C=C2\C(=O)NC(=O)N(c3cccc(Cl)c3C)C2=O)cc(Cl)c1OCC(=O)O. The first-order chi connectivity index (χ1) is 15.6. The van der Waals surface area contributed by atoms with Crippen molar-refractivity contribution < 1.29 is 33.8 Å². The third-order valence-corrected chi connectivity index (χ3v) is 5.25. The van der Waals surface area contributed by atoms with Gasteiger partial charge >= 0.3 is 12.0 Å². The highest BCUT2D eigenvalue weighted by Gasteiger charge is 2.37. The van der Waals surface area contributed by atoms with Crippen LogP contribution in [0.2, 0.25) is 10.0 Å². The van der Waals surface area contributed by atoms with Crippen molar-refractivity contribution in [2.24, 2.45) is 0 Å².